The summed E-state index contributed by atoms with van der Waals surface area (Å²) in [5.74, 6) is 0. The van der Waals surface area contributed by atoms with Crippen LogP contribution in [0.3, 0.4) is 0 Å². The molecule has 0 unspecified atom stereocenters. The first-order chi connectivity index (χ1) is 8.42. The Morgan fingerprint density at radius 3 is 3.24 bits per heavy atom. The highest BCUT2D eigenvalue weighted by Gasteiger charge is 2.20. The second-order valence-electron chi connectivity index (χ2n) is 3.77. The number of ether oxygens (including phenoxy) is 1. The van der Waals surface area contributed by atoms with Crippen LogP contribution in [0.4, 0.5) is 5.69 Å². The summed E-state index contributed by atoms with van der Waals surface area (Å²) in [6, 6.07) is 1.93. The molecule has 5 nitrogen and oxygen atoms in total. The van der Waals surface area contributed by atoms with Crippen molar-refractivity contribution in [1.29, 1.82) is 0 Å². The maximum atomic E-state index is 5.13. The lowest BCUT2D eigenvalue weighted by Crippen LogP contribution is -2.20. The largest absolute Gasteiger partial charge is 0.469 e. The molecule has 2 aliphatic heterocycles. The Hall–Kier alpha value is -2.56. The molecule has 0 spiro atoms. The minimum absolute atomic E-state index is 0.679. The van der Waals surface area contributed by atoms with Crippen molar-refractivity contribution < 1.29 is 9.26 Å². The number of pyridine rings is 1. The van der Waals surface area contributed by atoms with Gasteiger partial charge in [-0.15, -0.1) is 0 Å². The quantitative estimate of drug-likeness (QED) is 0.689. The lowest BCUT2D eigenvalue weighted by molar-refractivity contribution is 0.389. The van der Waals surface area contributed by atoms with Gasteiger partial charge in [0.25, 0.3) is 0 Å². The molecule has 0 N–H and O–H groups in total. The van der Waals surface area contributed by atoms with Gasteiger partial charge in [-0.1, -0.05) is 5.16 Å². The van der Waals surface area contributed by atoms with Crippen LogP contribution in [-0.2, 0) is 4.74 Å². The summed E-state index contributed by atoms with van der Waals surface area (Å²) in [5.41, 5.74) is 4.25. The summed E-state index contributed by atoms with van der Waals surface area (Å²) in [4.78, 5) is 6.47. The molecule has 0 bridgehead atoms. The Morgan fingerprint density at radius 1 is 1.24 bits per heavy atom. The number of fused-ring (bicyclic) bond motifs is 4. The van der Waals surface area contributed by atoms with E-state index >= 15 is 0 Å². The van der Waals surface area contributed by atoms with Gasteiger partial charge in [-0.3, -0.25) is 0 Å². The number of allylic oxidation sites excluding steroid dienone is 1. The predicted octanol–water partition coefficient (Wildman–Crippen LogP) is 2.40. The minimum atomic E-state index is 0.679. The third kappa shape index (κ3) is 1.13. The van der Waals surface area contributed by atoms with E-state index in [9.17, 15) is 0 Å². The predicted molar refractivity (Wildman–Crippen MR) is 61.6 cm³/mol. The van der Waals surface area contributed by atoms with E-state index in [1.165, 1.54) is 0 Å². The number of nitrogens with zero attached hydrogens (tertiary/aromatic N) is 3. The molecule has 0 aromatic carbocycles. The number of aromatic nitrogens is 2. The van der Waals surface area contributed by atoms with E-state index in [0.717, 1.165) is 22.6 Å². The van der Waals surface area contributed by atoms with Gasteiger partial charge in [-0.25, -0.2) is 4.98 Å². The molecule has 0 amide bonds. The standard InChI is InChI=1S/C12H7N3O2/c1-2-9-11(15-3-4-16-7-8(1)15)5-12-10(14-9)6-13-17-12/h1-7H. The van der Waals surface area contributed by atoms with Crippen LogP contribution in [0.15, 0.2) is 47.3 Å². The van der Waals surface area contributed by atoms with Crippen LogP contribution < -0.4 is 4.90 Å². The zero-order chi connectivity index (χ0) is 11.2. The molecule has 0 saturated carbocycles. The first kappa shape index (κ1) is 8.58. The molecule has 2 aromatic rings. The Bertz CT molecular complexity index is 697. The van der Waals surface area contributed by atoms with Crippen molar-refractivity contribution in [3.8, 4) is 0 Å². The highest BCUT2D eigenvalue weighted by molar-refractivity contribution is 5.84. The van der Waals surface area contributed by atoms with Gasteiger partial charge < -0.3 is 14.2 Å². The Labute approximate surface area is 96.3 Å². The monoisotopic (exact) mass is 225 g/mol. The Balaban J connectivity index is 2.01. The van der Waals surface area contributed by atoms with Gasteiger partial charge in [0, 0.05) is 12.3 Å². The van der Waals surface area contributed by atoms with Crippen molar-refractivity contribution in [3.05, 3.63) is 48.5 Å². The summed E-state index contributed by atoms with van der Waals surface area (Å²) < 4.78 is 10.3. The van der Waals surface area contributed by atoms with E-state index in [-0.39, 0.29) is 0 Å². The lowest BCUT2D eigenvalue weighted by atomic mass is 10.1. The normalized spacial score (nSPS) is 16.5. The molecular formula is C12H7N3O2. The second kappa shape index (κ2) is 2.98. The van der Waals surface area contributed by atoms with E-state index < -0.39 is 0 Å². The smallest absolute Gasteiger partial charge is 0.187 e. The molecule has 2 aromatic heterocycles. The summed E-state index contributed by atoms with van der Waals surface area (Å²) in [7, 11) is 0. The molecule has 82 valence electrons. The van der Waals surface area contributed by atoms with Gasteiger partial charge in [0.15, 0.2) is 5.58 Å². The van der Waals surface area contributed by atoms with E-state index in [2.05, 4.69) is 10.1 Å². The van der Waals surface area contributed by atoms with Crippen LogP contribution in [0.1, 0.15) is 5.69 Å². The lowest BCUT2D eigenvalue weighted by Gasteiger charge is -2.27. The SMILES string of the molecule is C1=CN2C(=CO1)C=Cc1nc3cnoc3cc12. The van der Waals surface area contributed by atoms with Crippen molar-refractivity contribution >= 4 is 22.9 Å². The second-order valence-corrected chi connectivity index (χ2v) is 3.77. The molecular weight excluding hydrogens is 218 g/mol. The zero-order valence-electron chi connectivity index (χ0n) is 8.70. The van der Waals surface area contributed by atoms with E-state index in [1.807, 2.05) is 29.3 Å². The molecule has 0 fully saturated rings. The summed E-state index contributed by atoms with van der Waals surface area (Å²) in [6.45, 7) is 0. The minimum Gasteiger partial charge on any atom is -0.469 e. The van der Waals surface area contributed by atoms with Crippen LogP contribution in [0, 0.1) is 0 Å². The van der Waals surface area contributed by atoms with E-state index in [4.69, 9.17) is 9.26 Å². The molecule has 4 rings (SSSR count). The van der Waals surface area contributed by atoms with Crippen LogP contribution in [0.5, 0.6) is 0 Å². The first-order valence-corrected chi connectivity index (χ1v) is 5.17. The Kier molecular flexibility index (Phi) is 1.50. The maximum absolute atomic E-state index is 5.13. The van der Waals surface area contributed by atoms with Gasteiger partial charge in [0.1, 0.15) is 18.0 Å². The fourth-order valence-electron chi connectivity index (χ4n) is 1.98. The number of hydrogen-bond acceptors (Lipinski definition) is 5. The van der Waals surface area contributed by atoms with Gasteiger partial charge in [0.2, 0.25) is 0 Å². The van der Waals surface area contributed by atoms with Crippen molar-refractivity contribution in [3.63, 3.8) is 0 Å². The number of rotatable bonds is 0. The van der Waals surface area contributed by atoms with Crippen LogP contribution in [0.25, 0.3) is 17.2 Å². The molecule has 2 aliphatic rings. The average molecular weight is 225 g/mol. The third-order valence-electron chi connectivity index (χ3n) is 2.78. The van der Waals surface area contributed by atoms with Crippen LogP contribution in [0.2, 0.25) is 0 Å². The van der Waals surface area contributed by atoms with Crippen LogP contribution in [-0.4, -0.2) is 10.1 Å². The zero-order valence-corrected chi connectivity index (χ0v) is 8.70. The number of anilines is 1. The van der Waals surface area contributed by atoms with Crippen LogP contribution >= 0.6 is 0 Å². The molecule has 0 saturated heterocycles. The molecule has 17 heavy (non-hydrogen) atoms. The highest BCUT2D eigenvalue weighted by Crippen LogP contribution is 2.33. The average Bonchev–Trinajstić information content (AvgIpc) is 2.83. The van der Waals surface area contributed by atoms with E-state index in [0.29, 0.717) is 5.58 Å². The third-order valence-corrected chi connectivity index (χ3v) is 2.78. The summed E-state index contributed by atoms with van der Waals surface area (Å²) in [5, 5.41) is 3.74. The highest BCUT2D eigenvalue weighted by atomic mass is 16.5. The fraction of sp³-hybridized carbons (Fsp3) is 0. The molecule has 5 heteroatoms. The Morgan fingerprint density at radius 2 is 2.24 bits per heavy atom. The van der Waals surface area contributed by atoms with Crippen molar-refractivity contribution in [2.75, 3.05) is 4.90 Å². The topological polar surface area (TPSA) is 51.4 Å². The molecule has 0 atom stereocenters. The van der Waals surface area contributed by atoms with Crippen molar-refractivity contribution in [2.24, 2.45) is 0 Å². The van der Waals surface area contributed by atoms with Gasteiger partial charge >= 0.3 is 0 Å². The fourth-order valence-corrected chi connectivity index (χ4v) is 1.98. The maximum Gasteiger partial charge on any atom is 0.187 e. The summed E-state index contributed by atoms with van der Waals surface area (Å²) >= 11 is 0. The molecule has 0 radical (unpaired) electrons. The number of hydrogen-bond donors (Lipinski definition) is 0. The van der Waals surface area contributed by atoms with Gasteiger partial charge in [0.05, 0.1) is 23.3 Å². The van der Waals surface area contributed by atoms with Crippen molar-refractivity contribution in [1.82, 2.24) is 10.1 Å². The van der Waals surface area contributed by atoms with Gasteiger partial charge in [-0.05, 0) is 12.2 Å². The van der Waals surface area contributed by atoms with Gasteiger partial charge in [-0.2, -0.15) is 0 Å². The van der Waals surface area contributed by atoms with E-state index in [1.54, 1.807) is 18.7 Å². The molecule has 4 heterocycles. The summed E-state index contributed by atoms with van der Waals surface area (Å²) in [6.07, 6.45) is 10.7. The van der Waals surface area contributed by atoms with Crippen molar-refractivity contribution in [2.45, 2.75) is 0 Å². The molecule has 0 aliphatic carbocycles. The first-order valence-electron chi connectivity index (χ1n) is 5.17.